The second kappa shape index (κ2) is 15.0. The van der Waals surface area contributed by atoms with Gasteiger partial charge in [0.1, 0.15) is 0 Å². The minimum atomic E-state index is 0. The predicted molar refractivity (Wildman–Crippen MR) is 130 cm³/mol. The van der Waals surface area contributed by atoms with Crippen LogP contribution in [0.5, 0.6) is 0 Å². The highest BCUT2D eigenvalue weighted by Crippen LogP contribution is 2.12. The summed E-state index contributed by atoms with van der Waals surface area (Å²) in [6.45, 7) is 12.3. The van der Waals surface area contributed by atoms with Gasteiger partial charge in [0, 0.05) is 44.9 Å². The third kappa shape index (κ3) is 10.1. The van der Waals surface area contributed by atoms with E-state index in [2.05, 4.69) is 60.6 Å². The molecular weight excluding hydrogens is 463 g/mol. The first-order valence-corrected chi connectivity index (χ1v) is 10.6. The topological polar surface area (TPSA) is 48.9 Å². The van der Waals surface area contributed by atoms with Crippen LogP contribution >= 0.6 is 24.0 Å². The lowest BCUT2D eigenvalue weighted by molar-refractivity contribution is 0.136. The summed E-state index contributed by atoms with van der Waals surface area (Å²) in [6, 6.07) is 11.7. The molecule has 0 aromatic heterocycles. The van der Waals surface area contributed by atoms with Crippen molar-refractivity contribution in [2.24, 2.45) is 4.99 Å². The van der Waals surface area contributed by atoms with Crippen LogP contribution in [0, 0.1) is 0 Å². The molecule has 1 aromatic rings. The first-order chi connectivity index (χ1) is 13.2. The molecule has 2 rings (SSSR count). The largest absolute Gasteiger partial charge is 0.381 e. The van der Waals surface area contributed by atoms with Gasteiger partial charge in [-0.3, -0.25) is 4.99 Å². The second-order valence-electron chi connectivity index (χ2n) is 7.51. The summed E-state index contributed by atoms with van der Waals surface area (Å²) in [7, 11) is 0. The molecule has 1 heterocycles. The molecule has 0 aliphatic carbocycles. The van der Waals surface area contributed by atoms with E-state index < -0.39 is 0 Å². The molecule has 1 aromatic carbocycles. The maximum atomic E-state index is 5.75. The van der Waals surface area contributed by atoms with Crippen molar-refractivity contribution in [3.05, 3.63) is 35.9 Å². The monoisotopic (exact) mass is 502 g/mol. The molecule has 0 spiro atoms. The quantitative estimate of drug-likeness (QED) is 0.222. The number of aliphatic imine (C=N–C) groups is 1. The third-order valence-electron chi connectivity index (χ3n) is 5.04. The van der Waals surface area contributed by atoms with Crippen LogP contribution in [0.2, 0.25) is 0 Å². The van der Waals surface area contributed by atoms with Crippen molar-refractivity contribution >= 4 is 29.9 Å². The lowest BCUT2D eigenvalue weighted by atomic mass is 10.0. The van der Waals surface area contributed by atoms with Gasteiger partial charge in [0.05, 0.1) is 6.61 Å². The van der Waals surface area contributed by atoms with Crippen molar-refractivity contribution < 1.29 is 4.74 Å². The molecule has 0 bridgehead atoms. The van der Waals surface area contributed by atoms with Gasteiger partial charge in [-0.2, -0.15) is 0 Å². The Morgan fingerprint density at radius 1 is 1.18 bits per heavy atom. The average molecular weight is 502 g/mol. The Morgan fingerprint density at radius 3 is 2.54 bits per heavy atom. The zero-order valence-electron chi connectivity index (χ0n) is 17.8. The lowest BCUT2D eigenvalue weighted by Crippen LogP contribution is -2.49. The van der Waals surface area contributed by atoms with E-state index in [1.165, 1.54) is 31.5 Å². The smallest absolute Gasteiger partial charge is 0.191 e. The van der Waals surface area contributed by atoms with Crippen LogP contribution in [0.25, 0.3) is 0 Å². The Balaban J connectivity index is 0.00000392. The number of halogens is 1. The van der Waals surface area contributed by atoms with Crippen LogP contribution in [-0.2, 0) is 11.2 Å². The van der Waals surface area contributed by atoms with Gasteiger partial charge in [-0.25, -0.2) is 0 Å². The number of likely N-dealkylation sites (tertiary alicyclic amines) is 1. The molecule has 1 aliphatic heterocycles. The van der Waals surface area contributed by atoms with Crippen molar-refractivity contribution in [3.63, 3.8) is 0 Å². The van der Waals surface area contributed by atoms with Crippen molar-refractivity contribution in [3.8, 4) is 0 Å². The fraction of sp³-hybridized carbons (Fsp3) is 0.682. The van der Waals surface area contributed by atoms with E-state index >= 15 is 0 Å². The normalized spacial score (nSPS) is 16.1. The molecule has 6 heteroatoms. The Kier molecular flexibility index (Phi) is 13.5. The Bertz CT molecular complexity index is 531. The molecule has 160 valence electrons. The first-order valence-electron chi connectivity index (χ1n) is 10.6. The minimum absolute atomic E-state index is 0. The van der Waals surface area contributed by atoms with E-state index in [9.17, 15) is 0 Å². The van der Waals surface area contributed by atoms with Crippen molar-refractivity contribution in [1.29, 1.82) is 0 Å². The zero-order valence-corrected chi connectivity index (χ0v) is 20.2. The summed E-state index contributed by atoms with van der Waals surface area (Å²) in [5, 5.41) is 6.98. The molecule has 0 radical (unpaired) electrons. The van der Waals surface area contributed by atoms with Crippen molar-refractivity contribution in [2.45, 2.75) is 58.5 Å². The van der Waals surface area contributed by atoms with Crippen LogP contribution in [-0.4, -0.2) is 62.3 Å². The number of piperidine rings is 1. The van der Waals surface area contributed by atoms with E-state index in [4.69, 9.17) is 9.73 Å². The maximum Gasteiger partial charge on any atom is 0.191 e. The summed E-state index contributed by atoms with van der Waals surface area (Å²) >= 11 is 0. The lowest BCUT2D eigenvalue weighted by Gasteiger charge is -2.35. The average Bonchev–Trinajstić information content (AvgIpc) is 2.68. The minimum Gasteiger partial charge on any atom is -0.381 e. The fourth-order valence-corrected chi connectivity index (χ4v) is 3.37. The number of hydrogen-bond acceptors (Lipinski definition) is 3. The van der Waals surface area contributed by atoms with Gasteiger partial charge in [0.25, 0.3) is 0 Å². The molecule has 5 nitrogen and oxygen atoms in total. The molecule has 1 fully saturated rings. The Hall–Kier alpha value is -0.860. The summed E-state index contributed by atoms with van der Waals surface area (Å²) in [4.78, 5) is 7.27. The summed E-state index contributed by atoms with van der Waals surface area (Å²) in [6.07, 6.45) is 4.30. The second-order valence-corrected chi connectivity index (χ2v) is 7.51. The highest BCUT2D eigenvalue weighted by Gasteiger charge is 2.21. The Morgan fingerprint density at radius 2 is 1.89 bits per heavy atom. The molecule has 28 heavy (non-hydrogen) atoms. The van der Waals surface area contributed by atoms with Crippen LogP contribution in [0.15, 0.2) is 35.3 Å². The molecular formula is C22H39IN4O. The highest BCUT2D eigenvalue weighted by atomic mass is 127. The van der Waals surface area contributed by atoms with Crippen molar-refractivity contribution in [1.82, 2.24) is 15.5 Å². The van der Waals surface area contributed by atoms with Crippen LogP contribution in [0.1, 0.15) is 45.6 Å². The first kappa shape index (κ1) is 25.2. The Labute approximate surface area is 188 Å². The van der Waals surface area contributed by atoms with E-state index in [1.54, 1.807) is 0 Å². The van der Waals surface area contributed by atoms with Gasteiger partial charge in [0.2, 0.25) is 0 Å². The van der Waals surface area contributed by atoms with Gasteiger partial charge in [-0.15, -0.1) is 24.0 Å². The molecule has 0 unspecified atom stereocenters. The summed E-state index contributed by atoms with van der Waals surface area (Å²) < 4.78 is 5.75. The summed E-state index contributed by atoms with van der Waals surface area (Å²) in [5.41, 5.74) is 1.33. The number of nitrogens with zero attached hydrogens (tertiary/aromatic N) is 2. The van der Waals surface area contributed by atoms with Gasteiger partial charge in [0.15, 0.2) is 5.96 Å². The van der Waals surface area contributed by atoms with Crippen LogP contribution < -0.4 is 10.6 Å². The van der Waals surface area contributed by atoms with E-state index in [1.807, 2.05) is 6.07 Å². The van der Waals surface area contributed by atoms with Crippen molar-refractivity contribution in [2.75, 3.05) is 39.4 Å². The molecule has 1 aliphatic rings. The maximum absolute atomic E-state index is 5.75. The number of rotatable bonds is 10. The molecule has 1 saturated heterocycles. The molecule has 0 saturated carbocycles. The van der Waals surface area contributed by atoms with Gasteiger partial charge >= 0.3 is 0 Å². The van der Waals surface area contributed by atoms with E-state index in [-0.39, 0.29) is 24.0 Å². The number of hydrogen-bond donors (Lipinski definition) is 2. The SMILES string of the molecule is CCNC(=NCCCOCCc1ccccc1)NC1CCN(C(C)C)CC1.I. The van der Waals surface area contributed by atoms with Crippen LogP contribution in [0.4, 0.5) is 0 Å². The standard InChI is InChI=1S/C22H38N4O.HI/c1-4-23-22(25-21-11-15-26(16-12-21)19(2)3)24-14-8-17-27-18-13-20-9-6-5-7-10-20;/h5-7,9-10,19,21H,4,8,11-18H2,1-3H3,(H2,23,24,25);1H. The molecule has 0 atom stereocenters. The fourth-order valence-electron chi connectivity index (χ4n) is 3.37. The summed E-state index contributed by atoms with van der Waals surface area (Å²) in [5.74, 6) is 0.949. The van der Waals surface area contributed by atoms with E-state index in [0.29, 0.717) is 12.1 Å². The van der Waals surface area contributed by atoms with E-state index in [0.717, 1.165) is 45.1 Å². The molecule has 2 N–H and O–H groups in total. The third-order valence-corrected chi connectivity index (χ3v) is 5.04. The molecule has 0 amide bonds. The predicted octanol–water partition coefficient (Wildman–Crippen LogP) is 3.68. The number of benzene rings is 1. The van der Waals surface area contributed by atoms with Crippen LogP contribution in [0.3, 0.4) is 0 Å². The number of ether oxygens (including phenoxy) is 1. The highest BCUT2D eigenvalue weighted by molar-refractivity contribution is 14.0. The zero-order chi connectivity index (χ0) is 19.3. The van der Waals surface area contributed by atoms with Gasteiger partial charge in [-0.1, -0.05) is 30.3 Å². The van der Waals surface area contributed by atoms with Gasteiger partial charge in [-0.05, 0) is 52.0 Å². The number of guanidine groups is 1. The number of nitrogens with one attached hydrogen (secondary N) is 2. The van der Waals surface area contributed by atoms with Gasteiger partial charge < -0.3 is 20.3 Å².